The van der Waals surface area contributed by atoms with Crippen LogP contribution in [0.3, 0.4) is 0 Å². The summed E-state index contributed by atoms with van der Waals surface area (Å²) in [4.78, 5) is 16.1. The summed E-state index contributed by atoms with van der Waals surface area (Å²) in [5.41, 5.74) is -0.606. The fourth-order valence-electron chi connectivity index (χ4n) is 3.03. The van der Waals surface area contributed by atoms with Crippen LogP contribution in [0.25, 0.3) is 0 Å². The van der Waals surface area contributed by atoms with Gasteiger partial charge in [-0.3, -0.25) is 9.79 Å². The largest absolute Gasteiger partial charge is 0.416 e. The van der Waals surface area contributed by atoms with Crippen molar-refractivity contribution in [2.24, 2.45) is 10.9 Å². The van der Waals surface area contributed by atoms with Crippen LogP contribution in [0.15, 0.2) is 29.3 Å². The number of amides is 1. The molecule has 182 valence electrons. The van der Waals surface area contributed by atoms with Gasteiger partial charge in [-0.25, -0.2) is 0 Å². The lowest BCUT2D eigenvalue weighted by Gasteiger charge is -2.21. The van der Waals surface area contributed by atoms with Crippen LogP contribution < -0.4 is 16.0 Å². The summed E-state index contributed by atoms with van der Waals surface area (Å²) < 4.78 is 48.7. The van der Waals surface area contributed by atoms with Gasteiger partial charge in [0.2, 0.25) is 0 Å². The monoisotopic (exact) mass is 572 g/mol. The van der Waals surface area contributed by atoms with Crippen molar-refractivity contribution in [1.29, 1.82) is 0 Å². The van der Waals surface area contributed by atoms with Crippen molar-refractivity contribution in [3.8, 4) is 0 Å². The Hall–Kier alpha value is -1.60. The van der Waals surface area contributed by atoms with Crippen LogP contribution in [0.2, 0.25) is 0 Å². The van der Waals surface area contributed by atoms with Gasteiger partial charge in [0, 0.05) is 58.7 Å². The molecule has 1 aromatic rings. The topological polar surface area (TPSA) is 84.0 Å². The molecule has 1 aliphatic heterocycles. The van der Waals surface area contributed by atoms with Crippen molar-refractivity contribution in [2.45, 2.75) is 25.4 Å². The molecule has 2 rings (SSSR count). The number of benzene rings is 1. The molecule has 11 heteroatoms. The molecule has 7 nitrogen and oxygen atoms in total. The quantitative estimate of drug-likeness (QED) is 0.174. The van der Waals surface area contributed by atoms with Gasteiger partial charge in [-0.15, -0.1) is 24.0 Å². The normalized spacial score (nSPS) is 15.1. The molecular formula is C21H32F3IN4O3. The number of aliphatic imine (C=N–C) groups is 1. The fourth-order valence-corrected chi connectivity index (χ4v) is 3.03. The molecule has 0 bridgehead atoms. The van der Waals surface area contributed by atoms with Crippen LogP contribution in [0.5, 0.6) is 0 Å². The Bertz CT molecular complexity index is 697. The van der Waals surface area contributed by atoms with E-state index in [1.54, 1.807) is 7.05 Å². The highest BCUT2D eigenvalue weighted by atomic mass is 127. The fraction of sp³-hybridized carbons (Fsp3) is 0.619. The number of rotatable bonds is 10. The number of nitrogens with zero attached hydrogens (tertiary/aromatic N) is 1. The van der Waals surface area contributed by atoms with Crippen molar-refractivity contribution in [1.82, 2.24) is 16.0 Å². The molecule has 0 saturated carbocycles. The summed E-state index contributed by atoms with van der Waals surface area (Å²) in [7, 11) is 1.65. The van der Waals surface area contributed by atoms with E-state index < -0.39 is 17.6 Å². The average Bonchev–Trinajstić information content (AvgIpc) is 2.77. The lowest BCUT2D eigenvalue weighted by molar-refractivity contribution is -0.137. The van der Waals surface area contributed by atoms with Crippen molar-refractivity contribution < 1.29 is 27.4 Å². The summed E-state index contributed by atoms with van der Waals surface area (Å²) in [6, 6.07) is 4.12. The third kappa shape index (κ3) is 10.8. The maximum Gasteiger partial charge on any atom is 0.416 e. The number of guanidine groups is 1. The highest BCUT2D eigenvalue weighted by molar-refractivity contribution is 14.0. The predicted molar refractivity (Wildman–Crippen MR) is 128 cm³/mol. The summed E-state index contributed by atoms with van der Waals surface area (Å²) in [6.45, 7) is 4.51. The Balaban J connectivity index is 0.00000512. The van der Waals surface area contributed by atoms with Gasteiger partial charge in [-0.05, 0) is 49.4 Å². The van der Waals surface area contributed by atoms with Crippen LogP contribution in [0.1, 0.15) is 35.2 Å². The van der Waals surface area contributed by atoms with Gasteiger partial charge >= 0.3 is 6.18 Å². The van der Waals surface area contributed by atoms with Crippen LogP contribution in [-0.4, -0.2) is 65.0 Å². The molecule has 0 unspecified atom stereocenters. The predicted octanol–water partition coefficient (Wildman–Crippen LogP) is 3.05. The molecule has 1 fully saturated rings. The standard InChI is InChI=1S/C21H31F3N4O3.HI/c1-25-20(27-9-2-12-31-15-16-7-13-30-14-8-16)28-11-10-26-19(29)17-3-5-18(6-4-17)21(22,23)24;/h3-6,16H,2,7-15H2,1H3,(H,26,29)(H2,25,27,28);1H. The third-order valence-electron chi connectivity index (χ3n) is 4.85. The van der Waals surface area contributed by atoms with Crippen LogP contribution in [-0.2, 0) is 15.7 Å². The van der Waals surface area contributed by atoms with E-state index in [0.29, 0.717) is 38.1 Å². The van der Waals surface area contributed by atoms with E-state index in [-0.39, 0.29) is 29.5 Å². The van der Waals surface area contributed by atoms with E-state index in [1.165, 1.54) is 0 Å². The molecule has 1 heterocycles. The second-order valence-electron chi connectivity index (χ2n) is 7.24. The van der Waals surface area contributed by atoms with Crippen molar-refractivity contribution >= 4 is 35.8 Å². The number of hydrogen-bond acceptors (Lipinski definition) is 4. The molecule has 1 aromatic carbocycles. The van der Waals surface area contributed by atoms with Gasteiger partial charge in [0.05, 0.1) is 5.56 Å². The zero-order valence-electron chi connectivity index (χ0n) is 18.2. The first kappa shape index (κ1) is 28.4. The minimum absolute atomic E-state index is 0. The minimum Gasteiger partial charge on any atom is -0.381 e. The molecule has 0 spiro atoms. The van der Waals surface area contributed by atoms with Crippen molar-refractivity contribution in [3.05, 3.63) is 35.4 Å². The van der Waals surface area contributed by atoms with Crippen molar-refractivity contribution in [3.63, 3.8) is 0 Å². The number of carbonyl (C=O) groups is 1. The van der Waals surface area contributed by atoms with Crippen LogP contribution in [0.4, 0.5) is 13.2 Å². The first-order valence-corrected chi connectivity index (χ1v) is 10.5. The molecular weight excluding hydrogens is 540 g/mol. The number of hydrogen-bond donors (Lipinski definition) is 3. The molecule has 1 amide bonds. The smallest absolute Gasteiger partial charge is 0.381 e. The third-order valence-corrected chi connectivity index (χ3v) is 4.85. The molecule has 0 aromatic heterocycles. The summed E-state index contributed by atoms with van der Waals surface area (Å²) in [6.07, 6.45) is -1.46. The molecule has 0 radical (unpaired) electrons. The van der Waals surface area contributed by atoms with E-state index in [2.05, 4.69) is 20.9 Å². The SMILES string of the molecule is CN=C(NCCCOCC1CCOCC1)NCCNC(=O)c1ccc(C(F)(F)F)cc1.I. The zero-order chi connectivity index (χ0) is 22.5. The average molecular weight is 572 g/mol. The van der Waals surface area contributed by atoms with E-state index in [1.807, 2.05) is 0 Å². The highest BCUT2D eigenvalue weighted by Gasteiger charge is 2.30. The summed E-state index contributed by atoms with van der Waals surface area (Å²) >= 11 is 0. The van der Waals surface area contributed by atoms with Gasteiger partial charge in [0.25, 0.3) is 5.91 Å². The van der Waals surface area contributed by atoms with Gasteiger partial charge in [0.15, 0.2) is 5.96 Å². The Morgan fingerprint density at radius 1 is 1.09 bits per heavy atom. The second-order valence-corrected chi connectivity index (χ2v) is 7.24. The zero-order valence-corrected chi connectivity index (χ0v) is 20.5. The van der Waals surface area contributed by atoms with Crippen LogP contribution in [0, 0.1) is 5.92 Å². The number of nitrogens with one attached hydrogen (secondary N) is 3. The number of halogens is 4. The maximum absolute atomic E-state index is 12.6. The van der Waals surface area contributed by atoms with Gasteiger partial charge < -0.3 is 25.4 Å². The number of ether oxygens (including phenoxy) is 2. The number of alkyl halides is 3. The van der Waals surface area contributed by atoms with E-state index >= 15 is 0 Å². The van der Waals surface area contributed by atoms with E-state index in [9.17, 15) is 18.0 Å². The molecule has 32 heavy (non-hydrogen) atoms. The number of carbonyl (C=O) groups excluding carboxylic acids is 1. The Morgan fingerprint density at radius 2 is 1.72 bits per heavy atom. The lowest BCUT2D eigenvalue weighted by Crippen LogP contribution is -2.42. The molecule has 0 aliphatic carbocycles. The molecule has 1 aliphatic rings. The van der Waals surface area contributed by atoms with Gasteiger partial charge in [0.1, 0.15) is 0 Å². The molecule has 1 saturated heterocycles. The second kappa shape index (κ2) is 15.3. The lowest BCUT2D eigenvalue weighted by atomic mass is 10.0. The summed E-state index contributed by atoms with van der Waals surface area (Å²) in [5, 5.41) is 8.89. The van der Waals surface area contributed by atoms with Crippen molar-refractivity contribution in [2.75, 3.05) is 53.1 Å². The van der Waals surface area contributed by atoms with E-state index in [0.717, 1.165) is 63.3 Å². The highest BCUT2D eigenvalue weighted by Crippen LogP contribution is 2.29. The van der Waals surface area contributed by atoms with Gasteiger partial charge in [-0.2, -0.15) is 13.2 Å². The Morgan fingerprint density at radius 3 is 2.34 bits per heavy atom. The molecule has 3 N–H and O–H groups in total. The van der Waals surface area contributed by atoms with E-state index in [4.69, 9.17) is 9.47 Å². The summed E-state index contributed by atoms with van der Waals surface area (Å²) in [5.74, 6) is 0.766. The minimum atomic E-state index is -4.42. The van der Waals surface area contributed by atoms with Gasteiger partial charge in [-0.1, -0.05) is 0 Å². The first-order chi connectivity index (χ1) is 14.9. The van der Waals surface area contributed by atoms with Crippen LogP contribution >= 0.6 is 24.0 Å². The first-order valence-electron chi connectivity index (χ1n) is 10.5. The Kier molecular flexibility index (Phi) is 13.6. The Labute approximate surface area is 203 Å². The molecule has 0 atom stereocenters. The maximum atomic E-state index is 12.6.